The number of aromatic nitrogens is 2. The number of hydrogen-bond acceptors (Lipinski definition) is 6. The summed E-state index contributed by atoms with van der Waals surface area (Å²) in [4.78, 5) is 11.6. The van der Waals surface area contributed by atoms with E-state index in [1.54, 1.807) is 12.4 Å². The minimum Gasteiger partial charge on any atom is -0.362 e. The highest BCUT2D eigenvalue weighted by molar-refractivity contribution is 8.00. The number of hydrogen-bond donors (Lipinski definition) is 2. The Morgan fingerprint density at radius 2 is 1.85 bits per heavy atom. The Balaban J connectivity index is 1.78. The minimum atomic E-state index is 0.540. The lowest BCUT2D eigenvalue weighted by Gasteiger charge is -2.16. The highest BCUT2D eigenvalue weighted by atomic mass is 35.5. The first-order valence-electron chi connectivity index (χ1n) is 8.07. The third kappa shape index (κ3) is 4.46. The summed E-state index contributed by atoms with van der Waals surface area (Å²) < 4.78 is 3.33. The van der Waals surface area contributed by atoms with E-state index in [2.05, 4.69) is 32.9 Å². The molecule has 1 aromatic carbocycles. The lowest BCUT2D eigenvalue weighted by Crippen LogP contribution is -2.12. The van der Waals surface area contributed by atoms with Gasteiger partial charge in [-0.3, -0.25) is 4.98 Å². The van der Waals surface area contributed by atoms with Crippen molar-refractivity contribution >= 4 is 35.1 Å². The average molecular weight is 386 g/mol. The number of anilines is 2. The largest absolute Gasteiger partial charge is 0.362 e. The van der Waals surface area contributed by atoms with Gasteiger partial charge < -0.3 is 15.4 Å². The molecule has 0 bridgehead atoms. The maximum absolute atomic E-state index is 6.09. The Hall–Kier alpha value is -2.28. The lowest BCUT2D eigenvalue weighted by atomic mass is 10.1. The summed E-state index contributed by atoms with van der Waals surface area (Å²) >= 11 is 7.55. The van der Waals surface area contributed by atoms with Gasteiger partial charge in [-0.1, -0.05) is 35.9 Å². The third-order valence-electron chi connectivity index (χ3n) is 3.76. The number of nitrogens with one attached hydrogen (secondary N) is 1. The molecule has 0 saturated heterocycles. The molecule has 0 radical (unpaired) electrons. The summed E-state index contributed by atoms with van der Waals surface area (Å²) in [5, 5.41) is 0.603. The molecule has 2 heterocycles. The first kappa shape index (κ1) is 18.5. The van der Waals surface area contributed by atoms with Crippen molar-refractivity contribution in [2.75, 3.05) is 23.7 Å². The molecule has 5 nitrogen and oxygen atoms in total. The monoisotopic (exact) mass is 385 g/mol. The number of nitrogens with two attached hydrogens (primary N) is 1. The second kappa shape index (κ2) is 8.40. The predicted molar refractivity (Wildman–Crippen MR) is 111 cm³/mol. The maximum atomic E-state index is 6.09. The van der Waals surface area contributed by atoms with E-state index in [9.17, 15) is 0 Å². The van der Waals surface area contributed by atoms with Gasteiger partial charge in [0.2, 0.25) is 0 Å². The van der Waals surface area contributed by atoms with E-state index in [1.165, 1.54) is 11.9 Å². The second-order valence-electron chi connectivity index (χ2n) is 5.94. The molecule has 2 aromatic heterocycles. The predicted octanol–water partition coefficient (Wildman–Crippen LogP) is 4.44. The summed E-state index contributed by atoms with van der Waals surface area (Å²) in [6.45, 7) is 0.540. The van der Waals surface area contributed by atoms with Crippen LogP contribution in [0.15, 0.2) is 59.9 Å². The van der Waals surface area contributed by atoms with Gasteiger partial charge in [0.25, 0.3) is 0 Å². The molecule has 0 aliphatic carbocycles. The molecule has 0 fully saturated rings. The fourth-order valence-corrected chi connectivity index (χ4v) is 3.50. The van der Waals surface area contributed by atoms with Gasteiger partial charge in [0.15, 0.2) is 0 Å². The number of rotatable bonds is 6. The number of halogens is 1. The van der Waals surface area contributed by atoms with Crippen molar-refractivity contribution in [2.45, 2.75) is 11.4 Å². The summed E-state index contributed by atoms with van der Waals surface area (Å²) in [6, 6.07) is 12.1. The molecular weight excluding hydrogens is 366 g/mol. The van der Waals surface area contributed by atoms with Crippen LogP contribution in [-0.4, -0.2) is 24.1 Å². The van der Waals surface area contributed by atoms with E-state index in [4.69, 9.17) is 17.3 Å². The van der Waals surface area contributed by atoms with Crippen LogP contribution in [0.3, 0.4) is 0 Å². The number of pyridine rings is 2. The SMILES string of the molecule is CN(C)c1ncc(Cl)cc1SNc1cncc(-c2ccc(CN)cc2)c1. The Bertz CT molecular complexity index is 883. The van der Waals surface area contributed by atoms with Crippen LogP contribution in [0.4, 0.5) is 11.5 Å². The van der Waals surface area contributed by atoms with Gasteiger partial charge in [-0.05, 0) is 35.2 Å². The molecule has 0 unspecified atom stereocenters. The van der Waals surface area contributed by atoms with E-state index in [0.717, 1.165) is 33.1 Å². The Labute approximate surface area is 162 Å². The summed E-state index contributed by atoms with van der Waals surface area (Å²) in [7, 11) is 3.90. The van der Waals surface area contributed by atoms with E-state index < -0.39 is 0 Å². The van der Waals surface area contributed by atoms with E-state index in [-0.39, 0.29) is 0 Å². The van der Waals surface area contributed by atoms with Crippen LogP contribution in [0.5, 0.6) is 0 Å². The van der Waals surface area contributed by atoms with Crippen molar-refractivity contribution in [1.29, 1.82) is 0 Å². The molecule has 0 aliphatic heterocycles. The van der Waals surface area contributed by atoms with Crippen molar-refractivity contribution in [3.05, 3.63) is 65.6 Å². The van der Waals surface area contributed by atoms with Crippen LogP contribution in [-0.2, 0) is 6.54 Å². The van der Waals surface area contributed by atoms with E-state index in [0.29, 0.717) is 11.6 Å². The van der Waals surface area contributed by atoms with Gasteiger partial charge in [0.1, 0.15) is 5.82 Å². The molecule has 7 heteroatoms. The molecule has 3 rings (SSSR count). The second-order valence-corrected chi connectivity index (χ2v) is 7.22. The first-order chi connectivity index (χ1) is 12.6. The maximum Gasteiger partial charge on any atom is 0.143 e. The van der Waals surface area contributed by atoms with Crippen LogP contribution in [0, 0.1) is 0 Å². The zero-order valence-electron chi connectivity index (χ0n) is 14.6. The quantitative estimate of drug-likeness (QED) is 0.611. The number of nitrogens with zero attached hydrogens (tertiary/aromatic N) is 3. The van der Waals surface area contributed by atoms with Gasteiger partial charge >= 0.3 is 0 Å². The Kier molecular flexibility index (Phi) is 5.98. The van der Waals surface area contributed by atoms with Crippen LogP contribution in [0.25, 0.3) is 11.1 Å². The highest BCUT2D eigenvalue weighted by Gasteiger charge is 2.09. The molecule has 0 aliphatic rings. The normalized spacial score (nSPS) is 10.6. The van der Waals surface area contributed by atoms with E-state index >= 15 is 0 Å². The van der Waals surface area contributed by atoms with Gasteiger partial charge in [-0.15, -0.1) is 0 Å². The van der Waals surface area contributed by atoms with Crippen LogP contribution < -0.4 is 15.4 Å². The highest BCUT2D eigenvalue weighted by Crippen LogP contribution is 2.31. The average Bonchev–Trinajstić information content (AvgIpc) is 2.66. The van der Waals surface area contributed by atoms with Crippen molar-refractivity contribution in [2.24, 2.45) is 5.73 Å². The molecule has 0 atom stereocenters. The number of benzene rings is 1. The van der Waals surface area contributed by atoms with Gasteiger partial charge in [-0.2, -0.15) is 0 Å². The van der Waals surface area contributed by atoms with Gasteiger partial charge in [-0.25, -0.2) is 4.98 Å². The van der Waals surface area contributed by atoms with Crippen molar-refractivity contribution in [3.8, 4) is 11.1 Å². The van der Waals surface area contributed by atoms with Gasteiger partial charge in [0.05, 0.1) is 21.8 Å². The lowest BCUT2D eigenvalue weighted by molar-refractivity contribution is 1.03. The Morgan fingerprint density at radius 1 is 1.08 bits per heavy atom. The molecule has 26 heavy (non-hydrogen) atoms. The standard InChI is InChI=1S/C19H20ClN5S/c1-25(2)19-18(8-16(20)11-23-19)26-24-17-7-15(10-22-12-17)14-5-3-13(9-21)4-6-14/h3-8,10-12,24H,9,21H2,1-2H3. The zero-order chi connectivity index (χ0) is 18.5. The van der Waals surface area contributed by atoms with Crippen molar-refractivity contribution < 1.29 is 0 Å². The topological polar surface area (TPSA) is 67.1 Å². The zero-order valence-corrected chi connectivity index (χ0v) is 16.2. The van der Waals surface area contributed by atoms with Crippen LogP contribution in [0.2, 0.25) is 5.02 Å². The molecule has 3 N–H and O–H groups in total. The fraction of sp³-hybridized carbons (Fsp3) is 0.158. The first-order valence-corrected chi connectivity index (χ1v) is 9.26. The smallest absolute Gasteiger partial charge is 0.143 e. The fourth-order valence-electron chi connectivity index (χ4n) is 2.43. The molecule has 134 valence electrons. The van der Waals surface area contributed by atoms with Crippen LogP contribution in [0.1, 0.15) is 5.56 Å². The van der Waals surface area contributed by atoms with Crippen LogP contribution >= 0.6 is 23.5 Å². The molecular formula is C19H20ClN5S. The molecule has 0 amide bonds. The Morgan fingerprint density at radius 3 is 2.54 bits per heavy atom. The summed E-state index contributed by atoms with van der Waals surface area (Å²) in [5.74, 6) is 0.855. The molecule has 3 aromatic rings. The van der Waals surface area contributed by atoms with E-state index in [1.807, 2.05) is 43.4 Å². The van der Waals surface area contributed by atoms with Crippen molar-refractivity contribution in [1.82, 2.24) is 9.97 Å². The summed E-state index contributed by atoms with van der Waals surface area (Å²) in [5.41, 5.74) is 9.81. The minimum absolute atomic E-state index is 0.540. The summed E-state index contributed by atoms with van der Waals surface area (Å²) in [6.07, 6.45) is 5.28. The van der Waals surface area contributed by atoms with Crippen molar-refractivity contribution in [3.63, 3.8) is 0 Å². The molecule has 0 spiro atoms. The third-order valence-corrected chi connectivity index (χ3v) is 4.83. The molecule has 0 saturated carbocycles. The van der Waals surface area contributed by atoms with Gasteiger partial charge in [0, 0.05) is 38.6 Å².